The van der Waals surface area contributed by atoms with Crippen molar-refractivity contribution in [1.29, 1.82) is 0 Å². The number of nitro groups is 1. The van der Waals surface area contributed by atoms with Gasteiger partial charge in [0.05, 0.1) is 9.40 Å². The molecule has 4 nitrogen and oxygen atoms in total. The van der Waals surface area contributed by atoms with Crippen molar-refractivity contribution in [2.24, 2.45) is 0 Å². The molecule has 0 spiro atoms. The highest BCUT2D eigenvalue weighted by atomic mass is 79.9. The number of thioether (sulfide) groups is 1. The Morgan fingerprint density at radius 1 is 1.44 bits per heavy atom. The average molecular weight is 331 g/mol. The number of nitrogens with zero attached hydrogens (tertiary/aromatic N) is 1. The molecule has 1 N–H and O–H groups in total. The normalized spacial score (nSPS) is 16.7. The van der Waals surface area contributed by atoms with E-state index in [1.807, 2.05) is 17.8 Å². The quantitative estimate of drug-likeness (QED) is 0.679. The molecule has 1 fully saturated rings. The van der Waals surface area contributed by atoms with Gasteiger partial charge in [-0.3, -0.25) is 10.1 Å². The fourth-order valence-corrected chi connectivity index (χ4v) is 3.66. The van der Waals surface area contributed by atoms with Crippen LogP contribution in [0.25, 0.3) is 0 Å². The largest absolute Gasteiger partial charge is 0.310 e. The van der Waals surface area contributed by atoms with Gasteiger partial charge in [0, 0.05) is 18.7 Å². The van der Waals surface area contributed by atoms with Crippen molar-refractivity contribution in [3.8, 4) is 0 Å². The molecule has 2 rings (SSSR count). The lowest BCUT2D eigenvalue weighted by atomic mass is 10.1. The van der Waals surface area contributed by atoms with E-state index in [9.17, 15) is 10.1 Å². The first-order chi connectivity index (χ1) is 8.68. The molecule has 1 aromatic carbocycles. The first kappa shape index (κ1) is 13.8. The molecule has 0 saturated carbocycles. The Morgan fingerprint density at radius 2 is 2.17 bits per heavy atom. The Bertz CT molecular complexity index is 436. The summed E-state index contributed by atoms with van der Waals surface area (Å²) >= 11 is 5.31. The third-order valence-corrected chi connectivity index (χ3v) is 5.02. The van der Waals surface area contributed by atoms with Gasteiger partial charge in [0.1, 0.15) is 0 Å². The van der Waals surface area contributed by atoms with Crippen molar-refractivity contribution in [3.05, 3.63) is 38.3 Å². The zero-order chi connectivity index (χ0) is 13.0. The second-order valence-corrected chi connectivity index (χ2v) is 6.29. The van der Waals surface area contributed by atoms with Gasteiger partial charge in [0.25, 0.3) is 5.69 Å². The summed E-state index contributed by atoms with van der Waals surface area (Å²) in [5.74, 6) is 2.40. The predicted molar refractivity (Wildman–Crippen MR) is 78.0 cm³/mol. The Kier molecular flexibility index (Phi) is 5.03. The summed E-state index contributed by atoms with van der Waals surface area (Å²) in [6, 6.07) is 5.71. The lowest BCUT2D eigenvalue weighted by molar-refractivity contribution is -0.385. The lowest BCUT2D eigenvalue weighted by Crippen LogP contribution is -2.32. The van der Waals surface area contributed by atoms with Crippen LogP contribution < -0.4 is 5.32 Å². The van der Waals surface area contributed by atoms with Crippen molar-refractivity contribution in [2.45, 2.75) is 25.4 Å². The van der Waals surface area contributed by atoms with Gasteiger partial charge < -0.3 is 5.32 Å². The van der Waals surface area contributed by atoms with Crippen LogP contribution in [0.15, 0.2) is 22.7 Å². The molecule has 1 aromatic rings. The Morgan fingerprint density at radius 3 is 2.83 bits per heavy atom. The van der Waals surface area contributed by atoms with Gasteiger partial charge in [-0.05, 0) is 45.8 Å². The van der Waals surface area contributed by atoms with E-state index in [-0.39, 0.29) is 10.6 Å². The van der Waals surface area contributed by atoms with Crippen LogP contribution in [0.2, 0.25) is 0 Å². The van der Waals surface area contributed by atoms with Gasteiger partial charge in [0.15, 0.2) is 0 Å². The van der Waals surface area contributed by atoms with Crippen molar-refractivity contribution in [1.82, 2.24) is 5.32 Å². The SMILES string of the molecule is O=[N+]([O-])c1cccc(CNC2CCSCC2)c1Br. The highest BCUT2D eigenvalue weighted by molar-refractivity contribution is 9.10. The highest BCUT2D eigenvalue weighted by Gasteiger charge is 2.17. The second kappa shape index (κ2) is 6.54. The zero-order valence-electron chi connectivity index (χ0n) is 9.89. The number of benzene rings is 1. The molecule has 0 aliphatic carbocycles. The van der Waals surface area contributed by atoms with E-state index in [0.29, 0.717) is 17.1 Å². The molecule has 0 bridgehead atoms. The molecule has 6 heteroatoms. The number of nitro benzene ring substituents is 1. The summed E-state index contributed by atoms with van der Waals surface area (Å²) in [5.41, 5.74) is 1.08. The third kappa shape index (κ3) is 3.46. The fourth-order valence-electron chi connectivity index (χ4n) is 2.00. The third-order valence-electron chi connectivity index (χ3n) is 3.06. The second-order valence-electron chi connectivity index (χ2n) is 4.27. The van der Waals surface area contributed by atoms with Gasteiger partial charge in [-0.1, -0.05) is 12.1 Å². The molecule has 1 saturated heterocycles. The average Bonchev–Trinajstić information content (AvgIpc) is 2.38. The molecule has 1 aliphatic rings. The van der Waals surface area contributed by atoms with E-state index in [4.69, 9.17) is 0 Å². The van der Waals surface area contributed by atoms with Crippen molar-refractivity contribution >= 4 is 33.4 Å². The molecule has 0 unspecified atom stereocenters. The highest BCUT2D eigenvalue weighted by Crippen LogP contribution is 2.28. The number of hydrogen-bond donors (Lipinski definition) is 1. The summed E-state index contributed by atoms with van der Waals surface area (Å²) in [6.07, 6.45) is 2.36. The van der Waals surface area contributed by atoms with Gasteiger partial charge >= 0.3 is 0 Å². The van der Waals surface area contributed by atoms with E-state index >= 15 is 0 Å². The van der Waals surface area contributed by atoms with Crippen LogP contribution in [0.5, 0.6) is 0 Å². The molecule has 0 atom stereocenters. The van der Waals surface area contributed by atoms with E-state index in [1.165, 1.54) is 30.4 Å². The fraction of sp³-hybridized carbons (Fsp3) is 0.500. The molecular formula is C12H15BrN2O2S. The zero-order valence-corrected chi connectivity index (χ0v) is 12.3. The minimum absolute atomic E-state index is 0.133. The number of hydrogen-bond acceptors (Lipinski definition) is 4. The van der Waals surface area contributed by atoms with Gasteiger partial charge in [-0.2, -0.15) is 11.8 Å². The van der Waals surface area contributed by atoms with E-state index < -0.39 is 0 Å². The van der Waals surface area contributed by atoms with Crippen molar-refractivity contribution in [2.75, 3.05) is 11.5 Å². The molecule has 18 heavy (non-hydrogen) atoms. The van der Waals surface area contributed by atoms with E-state index in [1.54, 1.807) is 6.07 Å². The molecular weight excluding hydrogens is 316 g/mol. The van der Waals surface area contributed by atoms with Crippen LogP contribution in [0, 0.1) is 10.1 Å². The van der Waals surface area contributed by atoms with Crippen molar-refractivity contribution < 1.29 is 4.92 Å². The minimum Gasteiger partial charge on any atom is -0.310 e. The predicted octanol–water partition coefficient (Wildman–Crippen LogP) is 3.34. The molecule has 98 valence electrons. The monoisotopic (exact) mass is 330 g/mol. The van der Waals surface area contributed by atoms with Gasteiger partial charge in [0.2, 0.25) is 0 Å². The van der Waals surface area contributed by atoms with Gasteiger partial charge in [-0.25, -0.2) is 0 Å². The molecule has 1 aliphatic heterocycles. The first-order valence-corrected chi connectivity index (χ1v) is 7.86. The van der Waals surface area contributed by atoms with Crippen LogP contribution >= 0.6 is 27.7 Å². The summed E-state index contributed by atoms with van der Waals surface area (Å²) in [7, 11) is 0. The Labute approximate surface area is 119 Å². The molecule has 0 amide bonds. The van der Waals surface area contributed by atoms with Crippen LogP contribution in [0.3, 0.4) is 0 Å². The van der Waals surface area contributed by atoms with Crippen molar-refractivity contribution in [3.63, 3.8) is 0 Å². The number of nitrogens with one attached hydrogen (secondary N) is 1. The van der Waals surface area contributed by atoms with Gasteiger partial charge in [-0.15, -0.1) is 0 Å². The molecule has 0 radical (unpaired) electrons. The topological polar surface area (TPSA) is 55.2 Å². The maximum absolute atomic E-state index is 10.8. The molecule has 1 heterocycles. The lowest BCUT2D eigenvalue weighted by Gasteiger charge is -2.22. The standard InChI is InChI=1S/C12H15BrN2O2S/c13-12-9(2-1-3-11(12)15(16)17)8-14-10-4-6-18-7-5-10/h1-3,10,14H,4-8H2. The Hall–Kier alpha value is -0.590. The molecule has 0 aromatic heterocycles. The van der Waals surface area contributed by atoms with Crippen LogP contribution in [-0.4, -0.2) is 22.5 Å². The maximum Gasteiger partial charge on any atom is 0.283 e. The smallest absolute Gasteiger partial charge is 0.283 e. The van der Waals surface area contributed by atoms with Crippen LogP contribution in [0.1, 0.15) is 18.4 Å². The summed E-state index contributed by atoms with van der Waals surface area (Å²) < 4.78 is 0.590. The first-order valence-electron chi connectivity index (χ1n) is 5.91. The number of rotatable bonds is 4. The van der Waals surface area contributed by atoms with E-state index in [2.05, 4.69) is 21.2 Å². The summed E-state index contributed by atoms with van der Waals surface area (Å²) in [6.45, 7) is 0.678. The summed E-state index contributed by atoms with van der Waals surface area (Å²) in [5, 5.41) is 14.3. The van der Waals surface area contributed by atoms with Crippen LogP contribution in [-0.2, 0) is 6.54 Å². The summed E-state index contributed by atoms with van der Waals surface area (Å²) in [4.78, 5) is 10.5. The Balaban J connectivity index is 2.00. The number of halogens is 1. The van der Waals surface area contributed by atoms with E-state index in [0.717, 1.165) is 5.56 Å². The minimum atomic E-state index is -0.356. The maximum atomic E-state index is 10.8. The van der Waals surface area contributed by atoms with Crippen LogP contribution in [0.4, 0.5) is 5.69 Å².